The molecule has 1 aromatic rings. The fourth-order valence-electron chi connectivity index (χ4n) is 3.04. The third kappa shape index (κ3) is 9.47. The molecule has 3 N–H and O–H groups in total. The van der Waals surface area contributed by atoms with Crippen LogP contribution in [0.2, 0.25) is 0 Å². The fourth-order valence-corrected chi connectivity index (χ4v) is 3.04. The summed E-state index contributed by atoms with van der Waals surface area (Å²) in [6, 6.07) is 7.54. The Hall–Kier alpha value is -1.83. The highest BCUT2D eigenvalue weighted by atomic mass is 16.5. The van der Waals surface area contributed by atoms with Crippen LogP contribution in [0.3, 0.4) is 0 Å². The van der Waals surface area contributed by atoms with Gasteiger partial charge in [0, 0.05) is 32.2 Å². The molecule has 0 amide bonds. The van der Waals surface area contributed by atoms with Crippen molar-refractivity contribution in [1.82, 2.24) is 10.6 Å². The standard InChI is InChI=1S/C22H37N3O4/c1-4-23-22(24-10-6-11-27-15-18-9-12-28-16-18)25-14-21(26)19-7-5-8-20(13-19)29-17(2)3/h5,7-8,13,17-18,21,26H,4,6,9-12,14-16H2,1-3H3,(H2,23,24,25). The van der Waals surface area contributed by atoms with Crippen molar-refractivity contribution in [3.8, 4) is 5.75 Å². The van der Waals surface area contributed by atoms with Gasteiger partial charge in [-0.2, -0.15) is 0 Å². The number of hydrogen-bond donors (Lipinski definition) is 3. The average Bonchev–Trinajstić information content (AvgIpc) is 3.21. The largest absolute Gasteiger partial charge is 0.491 e. The Balaban J connectivity index is 1.72. The first-order chi connectivity index (χ1) is 14.1. The number of benzene rings is 1. The molecule has 1 saturated heterocycles. The highest BCUT2D eigenvalue weighted by Gasteiger charge is 2.15. The monoisotopic (exact) mass is 407 g/mol. The maximum atomic E-state index is 10.5. The van der Waals surface area contributed by atoms with Gasteiger partial charge in [-0.05, 0) is 51.3 Å². The number of nitrogens with zero attached hydrogens (tertiary/aromatic N) is 1. The van der Waals surface area contributed by atoms with Gasteiger partial charge in [0.25, 0.3) is 0 Å². The number of aliphatic hydroxyl groups excluding tert-OH is 1. The topological polar surface area (TPSA) is 84.3 Å². The first-order valence-corrected chi connectivity index (χ1v) is 10.7. The van der Waals surface area contributed by atoms with E-state index in [1.54, 1.807) is 0 Å². The van der Waals surface area contributed by atoms with Gasteiger partial charge in [0.1, 0.15) is 5.75 Å². The van der Waals surface area contributed by atoms with E-state index < -0.39 is 6.10 Å². The second-order valence-electron chi connectivity index (χ2n) is 7.56. The van der Waals surface area contributed by atoms with Gasteiger partial charge >= 0.3 is 0 Å². The third-order valence-electron chi connectivity index (χ3n) is 4.52. The minimum absolute atomic E-state index is 0.0976. The molecule has 1 aromatic carbocycles. The molecule has 1 aliphatic rings. The quantitative estimate of drug-likeness (QED) is 0.280. The van der Waals surface area contributed by atoms with E-state index in [9.17, 15) is 5.11 Å². The summed E-state index contributed by atoms with van der Waals surface area (Å²) in [4.78, 5) is 4.51. The molecule has 2 rings (SSSR count). The van der Waals surface area contributed by atoms with Crippen LogP contribution in [0.25, 0.3) is 0 Å². The van der Waals surface area contributed by atoms with Gasteiger partial charge in [0.2, 0.25) is 0 Å². The molecular weight excluding hydrogens is 370 g/mol. The fraction of sp³-hybridized carbons (Fsp3) is 0.682. The Bertz CT molecular complexity index is 603. The third-order valence-corrected chi connectivity index (χ3v) is 4.52. The van der Waals surface area contributed by atoms with Gasteiger partial charge in [-0.1, -0.05) is 12.1 Å². The summed E-state index contributed by atoms with van der Waals surface area (Å²) in [5.41, 5.74) is 0.798. The Morgan fingerprint density at radius 3 is 2.93 bits per heavy atom. The lowest BCUT2D eigenvalue weighted by Gasteiger charge is -2.15. The molecule has 2 unspecified atom stereocenters. The van der Waals surface area contributed by atoms with Crippen LogP contribution in [0.15, 0.2) is 29.3 Å². The van der Waals surface area contributed by atoms with Crippen molar-refractivity contribution in [1.29, 1.82) is 0 Å². The van der Waals surface area contributed by atoms with Crippen LogP contribution in [0.4, 0.5) is 0 Å². The number of aliphatic hydroxyl groups is 1. The second kappa shape index (κ2) is 13.4. The molecule has 1 aliphatic heterocycles. The first kappa shape index (κ1) is 23.4. The van der Waals surface area contributed by atoms with Gasteiger partial charge in [-0.3, -0.25) is 4.99 Å². The number of aliphatic imine (C=N–C) groups is 1. The minimum Gasteiger partial charge on any atom is -0.491 e. The molecule has 7 heteroatoms. The van der Waals surface area contributed by atoms with Crippen molar-refractivity contribution >= 4 is 5.96 Å². The van der Waals surface area contributed by atoms with Gasteiger partial charge in [-0.15, -0.1) is 0 Å². The summed E-state index contributed by atoms with van der Waals surface area (Å²) in [5.74, 6) is 2.01. The number of guanidine groups is 1. The highest BCUT2D eigenvalue weighted by molar-refractivity contribution is 5.79. The summed E-state index contributed by atoms with van der Waals surface area (Å²) in [5, 5.41) is 17.0. The Kier molecular flexibility index (Phi) is 10.8. The Morgan fingerprint density at radius 1 is 1.34 bits per heavy atom. The summed E-state index contributed by atoms with van der Waals surface area (Å²) >= 11 is 0. The van der Waals surface area contributed by atoms with Crippen molar-refractivity contribution < 1.29 is 19.3 Å². The van der Waals surface area contributed by atoms with E-state index in [1.807, 2.05) is 45.0 Å². The maximum Gasteiger partial charge on any atom is 0.191 e. The molecule has 0 saturated carbocycles. The van der Waals surface area contributed by atoms with Gasteiger partial charge in [0.15, 0.2) is 5.96 Å². The zero-order valence-corrected chi connectivity index (χ0v) is 18.0. The summed E-state index contributed by atoms with van der Waals surface area (Å²) in [7, 11) is 0. The van der Waals surface area contributed by atoms with Crippen molar-refractivity contribution in [2.75, 3.05) is 46.1 Å². The zero-order chi connectivity index (χ0) is 20.9. The van der Waals surface area contributed by atoms with E-state index >= 15 is 0 Å². The lowest BCUT2D eigenvalue weighted by atomic mass is 10.1. The summed E-state index contributed by atoms with van der Waals surface area (Å²) in [6.45, 7) is 11.0. The molecule has 29 heavy (non-hydrogen) atoms. The molecule has 7 nitrogen and oxygen atoms in total. The van der Waals surface area contributed by atoms with Crippen LogP contribution < -0.4 is 15.4 Å². The molecule has 0 radical (unpaired) electrons. The lowest BCUT2D eigenvalue weighted by molar-refractivity contribution is 0.0888. The van der Waals surface area contributed by atoms with E-state index in [-0.39, 0.29) is 12.6 Å². The van der Waals surface area contributed by atoms with Crippen LogP contribution in [-0.2, 0) is 9.47 Å². The predicted molar refractivity (Wildman–Crippen MR) is 116 cm³/mol. The van der Waals surface area contributed by atoms with E-state index in [0.717, 1.165) is 57.1 Å². The molecule has 0 aromatic heterocycles. The summed E-state index contributed by atoms with van der Waals surface area (Å²) in [6.07, 6.45) is 1.41. The maximum absolute atomic E-state index is 10.5. The highest BCUT2D eigenvalue weighted by Crippen LogP contribution is 2.20. The molecule has 1 fully saturated rings. The smallest absolute Gasteiger partial charge is 0.191 e. The average molecular weight is 408 g/mol. The van der Waals surface area contributed by atoms with Crippen molar-refractivity contribution in [3.63, 3.8) is 0 Å². The van der Waals surface area contributed by atoms with Gasteiger partial charge in [-0.25, -0.2) is 0 Å². The van der Waals surface area contributed by atoms with E-state index in [0.29, 0.717) is 18.5 Å². The van der Waals surface area contributed by atoms with Crippen molar-refractivity contribution in [3.05, 3.63) is 29.8 Å². The van der Waals surface area contributed by atoms with Crippen molar-refractivity contribution in [2.45, 2.75) is 45.8 Å². The zero-order valence-electron chi connectivity index (χ0n) is 18.0. The van der Waals surface area contributed by atoms with E-state index in [4.69, 9.17) is 14.2 Å². The van der Waals surface area contributed by atoms with Crippen LogP contribution in [0, 0.1) is 5.92 Å². The van der Waals surface area contributed by atoms with Gasteiger partial charge < -0.3 is 30.0 Å². The SMILES string of the molecule is CCNC(=NCC(O)c1cccc(OC(C)C)c1)NCCCOCC1CCOC1. The minimum atomic E-state index is -0.682. The Morgan fingerprint density at radius 2 is 2.21 bits per heavy atom. The normalized spacial score (nSPS) is 18.1. The predicted octanol–water partition coefficient (Wildman–Crippen LogP) is 2.51. The molecule has 0 bridgehead atoms. The molecule has 0 aliphatic carbocycles. The van der Waals surface area contributed by atoms with Crippen molar-refractivity contribution in [2.24, 2.45) is 10.9 Å². The molecular formula is C22H37N3O4. The molecule has 1 heterocycles. The van der Waals surface area contributed by atoms with Crippen LogP contribution >= 0.6 is 0 Å². The molecule has 2 atom stereocenters. The number of hydrogen-bond acceptors (Lipinski definition) is 5. The van der Waals surface area contributed by atoms with Crippen LogP contribution in [0.5, 0.6) is 5.75 Å². The first-order valence-electron chi connectivity index (χ1n) is 10.7. The van der Waals surface area contributed by atoms with Crippen LogP contribution in [0.1, 0.15) is 45.3 Å². The Labute approximate surface area is 174 Å². The number of nitrogens with one attached hydrogen (secondary N) is 2. The number of rotatable bonds is 12. The van der Waals surface area contributed by atoms with Crippen LogP contribution in [-0.4, -0.2) is 63.2 Å². The van der Waals surface area contributed by atoms with Gasteiger partial charge in [0.05, 0.1) is 32.0 Å². The second-order valence-corrected chi connectivity index (χ2v) is 7.56. The molecule has 164 valence electrons. The molecule has 0 spiro atoms. The van der Waals surface area contributed by atoms with E-state index in [2.05, 4.69) is 15.6 Å². The number of ether oxygens (including phenoxy) is 3. The summed E-state index contributed by atoms with van der Waals surface area (Å²) < 4.78 is 16.8. The van der Waals surface area contributed by atoms with E-state index in [1.165, 1.54) is 0 Å². The lowest BCUT2D eigenvalue weighted by Crippen LogP contribution is -2.38.